The number of aromatic nitrogens is 2. The first kappa shape index (κ1) is 11.6. The molecule has 0 aromatic carbocycles. The number of nitrogen functional groups attached to an aromatic ring is 1. The highest BCUT2D eigenvalue weighted by Gasteiger charge is 2.23. The molecule has 4 N–H and O–H groups in total. The molecule has 1 heterocycles. The number of nitrogens with one attached hydrogen (secondary N) is 2. The highest BCUT2D eigenvalue weighted by molar-refractivity contribution is 9.10. The van der Waals surface area contributed by atoms with Crippen LogP contribution in [0.4, 0.5) is 11.8 Å². The number of anilines is 2. The number of hydrogen-bond acceptors (Lipinski definition) is 5. The van der Waals surface area contributed by atoms with Crippen LogP contribution in [0.25, 0.3) is 0 Å². The van der Waals surface area contributed by atoms with Gasteiger partial charge < -0.3 is 5.32 Å². The summed E-state index contributed by atoms with van der Waals surface area (Å²) >= 11 is 3.41. The van der Waals surface area contributed by atoms with Crippen molar-refractivity contribution in [2.24, 2.45) is 11.8 Å². The Morgan fingerprint density at radius 3 is 3.00 bits per heavy atom. The third kappa shape index (κ3) is 3.05. The summed E-state index contributed by atoms with van der Waals surface area (Å²) < 4.78 is 0.856. The van der Waals surface area contributed by atoms with E-state index in [0.717, 1.165) is 16.2 Å². The summed E-state index contributed by atoms with van der Waals surface area (Å²) in [6, 6.07) is 0.421. The second kappa shape index (κ2) is 4.97. The van der Waals surface area contributed by atoms with Gasteiger partial charge in [0.2, 0.25) is 5.95 Å². The third-order valence-corrected chi connectivity index (χ3v) is 3.22. The normalized spacial score (nSPS) is 16.9. The number of nitrogens with zero attached hydrogens (tertiary/aromatic N) is 2. The number of hydrazine groups is 1. The Balaban J connectivity index is 2.00. The summed E-state index contributed by atoms with van der Waals surface area (Å²) in [5, 5.41) is 3.36. The molecule has 0 bridgehead atoms. The van der Waals surface area contributed by atoms with Crippen molar-refractivity contribution >= 4 is 27.7 Å². The molecule has 5 nitrogen and oxygen atoms in total. The second-order valence-corrected chi connectivity index (χ2v) is 5.11. The van der Waals surface area contributed by atoms with E-state index in [9.17, 15) is 0 Å². The van der Waals surface area contributed by atoms with Crippen molar-refractivity contribution in [1.82, 2.24) is 9.97 Å². The van der Waals surface area contributed by atoms with Crippen molar-refractivity contribution in [2.45, 2.75) is 32.2 Å². The minimum atomic E-state index is 0.421. The van der Waals surface area contributed by atoms with Gasteiger partial charge in [-0.2, -0.15) is 4.98 Å². The summed E-state index contributed by atoms with van der Waals surface area (Å²) in [6.45, 7) is 2.17. The lowest BCUT2D eigenvalue weighted by molar-refractivity contribution is 0.639. The highest BCUT2D eigenvalue weighted by Crippen LogP contribution is 2.34. The maximum Gasteiger partial charge on any atom is 0.239 e. The standard InChI is InChI=1S/C10H16BrN5/c1-6(4-7-2-3-7)14-9-8(11)5-13-10(15-9)16-12/h5-7H,2-4,12H2,1H3,(H2,13,14,15,16). The van der Waals surface area contributed by atoms with Crippen LogP contribution in [0, 0.1) is 5.92 Å². The summed E-state index contributed by atoms with van der Waals surface area (Å²) in [7, 11) is 0. The summed E-state index contributed by atoms with van der Waals surface area (Å²) in [5.41, 5.74) is 2.44. The van der Waals surface area contributed by atoms with Gasteiger partial charge in [-0.05, 0) is 35.2 Å². The largest absolute Gasteiger partial charge is 0.367 e. The Labute approximate surface area is 103 Å². The van der Waals surface area contributed by atoms with Gasteiger partial charge in [0.1, 0.15) is 5.82 Å². The molecule has 1 aromatic heterocycles. The Bertz CT molecular complexity index is 366. The number of halogens is 1. The maximum absolute atomic E-state index is 5.27. The SMILES string of the molecule is CC(CC1CC1)Nc1nc(NN)ncc1Br. The average molecular weight is 286 g/mol. The van der Waals surface area contributed by atoms with E-state index in [4.69, 9.17) is 5.84 Å². The van der Waals surface area contributed by atoms with Gasteiger partial charge in [-0.15, -0.1) is 0 Å². The molecule has 0 radical (unpaired) electrons. The van der Waals surface area contributed by atoms with Crippen LogP contribution >= 0.6 is 15.9 Å². The van der Waals surface area contributed by atoms with Crippen LogP contribution in [-0.4, -0.2) is 16.0 Å². The zero-order valence-electron chi connectivity index (χ0n) is 9.20. The van der Waals surface area contributed by atoms with Gasteiger partial charge in [-0.25, -0.2) is 10.8 Å². The van der Waals surface area contributed by atoms with Crippen LogP contribution in [0.3, 0.4) is 0 Å². The summed E-state index contributed by atoms with van der Waals surface area (Å²) in [6.07, 6.45) is 5.62. The van der Waals surface area contributed by atoms with E-state index in [-0.39, 0.29) is 0 Å². The molecule has 0 spiro atoms. The van der Waals surface area contributed by atoms with E-state index in [1.165, 1.54) is 19.3 Å². The molecule has 0 amide bonds. The molecule has 0 saturated heterocycles. The summed E-state index contributed by atoms with van der Waals surface area (Å²) in [4.78, 5) is 8.26. The van der Waals surface area contributed by atoms with Gasteiger partial charge in [0.25, 0.3) is 0 Å². The van der Waals surface area contributed by atoms with E-state index < -0.39 is 0 Å². The van der Waals surface area contributed by atoms with Crippen molar-refractivity contribution in [2.75, 3.05) is 10.7 Å². The number of nitrogens with two attached hydrogens (primary N) is 1. The van der Waals surface area contributed by atoms with Crippen LogP contribution in [0.5, 0.6) is 0 Å². The van der Waals surface area contributed by atoms with E-state index in [2.05, 4.69) is 43.6 Å². The molecule has 2 rings (SSSR count). The Morgan fingerprint density at radius 1 is 1.62 bits per heavy atom. The maximum atomic E-state index is 5.27. The van der Waals surface area contributed by atoms with Crippen LogP contribution in [0.1, 0.15) is 26.2 Å². The Kier molecular flexibility index (Phi) is 3.60. The third-order valence-electron chi connectivity index (χ3n) is 2.64. The van der Waals surface area contributed by atoms with Gasteiger partial charge in [0.15, 0.2) is 0 Å². The lowest BCUT2D eigenvalue weighted by atomic mass is 10.1. The molecule has 1 unspecified atom stereocenters. The van der Waals surface area contributed by atoms with E-state index in [1.54, 1.807) is 6.20 Å². The van der Waals surface area contributed by atoms with Crippen molar-refractivity contribution in [3.8, 4) is 0 Å². The van der Waals surface area contributed by atoms with Gasteiger partial charge in [0, 0.05) is 12.2 Å². The lowest BCUT2D eigenvalue weighted by Crippen LogP contribution is -2.18. The van der Waals surface area contributed by atoms with Crippen LogP contribution in [-0.2, 0) is 0 Å². The average Bonchev–Trinajstić information content (AvgIpc) is 3.05. The Hall–Kier alpha value is -0.880. The quantitative estimate of drug-likeness (QED) is 0.571. The fraction of sp³-hybridized carbons (Fsp3) is 0.600. The van der Waals surface area contributed by atoms with E-state index in [0.29, 0.717) is 12.0 Å². The molecule has 1 aliphatic carbocycles. The van der Waals surface area contributed by atoms with Gasteiger partial charge in [-0.1, -0.05) is 12.8 Å². The molecule has 1 saturated carbocycles. The minimum Gasteiger partial charge on any atom is -0.367 e. The Morgan fingerprint density at radius 2 is 2.38 bits per heavy atom. The van der Waals surface area contributed by atoms with E-state index in [1.807, 2.05) is 0 Å². The smallest absolute Gasteiger partial charge is 0.239 e. The van der Waals surface area contributed by atoms with Gasteiger partial charge >= 0.3 is 0 Å². The molecule has 6 heteroatoms. The number of hydrogen-bond donors (Lipinski definition) is 3. The fourth-order valence-corrected chi connectivity index (χ4v) is 1.99. The van der Waals surface area contributed by atoms with Gasteiger partial charge in [0.05, 0.1) is 4.47 Å². The van der Waals surface area contributed by atoms with Crippen LogP contribution in [0.2, 0.25) is 0 Å². The zero-order chi connectivity index (χ0) is 11.5. The van der Waals surface area contributed by atoms with Crippen molar-refractivity contribution < 1.29 is 0 Å². The molecule has 88 valence electrons. The van der Waals surface area contributed by atoms with E-state index >= 15 is 0 Å². The first-order valence-corrected chi connectivity index (χ1v) is 6.24. The molecule has 16 heavy (non-hydrogen) atoms. The molecule has 0 aliphatic heterocycles. The van der Waals surface area contributed by atoms with Crippen molar-refractivity contribution in [1.29, 1.82) is 0 Å². The molecular formula is C10H16BrN5. The summed E-state index contributed by atoms with van der Waals surface area (Å²) in [5.74, 6) is 7.38. The fourth-order valence-electron chi connectivity index (χ4n) is 1.68. The molecule has 1 fully saturated rings. The highest BCUT2D eigenvalue weighted by atomic mass is 79.9. The topological polar surface area (TPSA) is 75.9 Å². The van der Waals surface area contributed by atoms with Crippen molar-refractivity contribution in [3.05, 3.63) is 10.7 Å². The predicted octanol–water partition coefficient (Wildman–Crippen LogP) is 2.13. The van der Waals surface area contributed by atoms with Crippen LogP contribution in [0.15, 0.2) is 10.7 Å². The zero-order valence-corrected chi connectivity index (χ0v) is 10.8. The number of rotatable bonds is 5. The van der Waals surface area contributed by atoms with Gasteiger partial charge in [-0.3, -0.25) is 5.43 Å². The van der Waals surface area contributed by atoms with Crippen molar-refractivity contribution in [3.63, 3.8) is 0 Å². The monoisotopic (exact) mass is 285 g/mol. The first-order valence-electron chi connectivity index (χ1n) is 5.44. The molecular weight excluding hydrogens is 270 g/mol. The molecule has 1 atom stereocenters. The predicted molar refractivity (Wildman–Crippen MR) is 68.0 cm³/mol. The molecule has 1 aliphatic rings. The second-order valence-electron chi connectivity index (χ2n) is 4.26. The minimum absolute atomic E-state index is 0.421. The first-order chi connectivity index (χ1) is 7.69. The lowest BCUT2D eigenvalue weighted by Gasteiger charge is -2.15. The van der Waals surface area contributed by atoms with Crippen LogP contribution < -0.4 is 16.6 Å². The molecule has 1 aromatic rings.